The number of halogens is 1. The van der Waals surface area contributed by atoms with Crippen LogP contribution < -0.4 is 0 Å². The lowest BCUT2D eigenvalue weighted by Crippen LogP contribution is -1.90. The van der Waals surface area contributed by atoms with Crippen LogP contribution >= 0.6 is 22.6 Å². The van der Waals surface area contributed by atoms with Gasteiger partial charge >= 0.3 is 0 Å². The SMILES string of the molecule is Cn1c(I)c(C=O)c2ccccc21. The summed E-state index contributed by atoms with van der Waals surface area (Å²) in [5.74, 6) is 0. The lowest BCUT2D eigenvalue weighted by Gasteiger charge is -1.95. The Morgan fingerprint density at radius 1 is 1.38 bits per heavy atom. The van der Waals surface area contributed by atoms with E-state index in [0.717, 1.165) is 26.5 Å². The molecule has 2 nitrogen and oxygen atoms in total. The summed E-state index contributed by atoms with van der Waals surface area (Å²) in [6.07, 6.45) is 0.921. The highest BCUT2D eigenvalue weighted by molar-refractivity contribution is 14.1. The first-order valence-electron chi connectivity index (χ1n) is 3.94. The summed E-state index contributed by atoms with van der Waals surface area (Å²) in [6.45, 7) is 0. The van der Waals surface area contributed by atoms with Gasteiger partial charge in [-0.2, -0.15) is 0 Å². The highest BCUT2D eigenvalue weighted by Crippen LogP contribution is 2.24. The Labute approximate surface area is 89.7 Å². The van der Waals surface area contributed by atoms with Crippen LogP contribution in [0.1, 0.15) is 10.4 Å². The first-order valence-corrected chi connectivity index (χ1v) is 5.01. The second kappa shape index (κ2) is 3.14. The van der Waals surface area contributed by atoms with E-state index < -0.39 is 0 Å². The molecule has 0 amide bonds. The standard InChI is InChI=1S/C10H8INO/c1-12-9-5-3-2-4-7(9)8(6-13)10(12)11/h2-6H,1H3. The zero-order chi connectivity index (χ0) is 9.42. The third kappa shape index (κ3) is 1.18. The van der Waals surface area contributed by atoms with Crippen molar-refractivity contribution < 1.29 is 4.79 Å². The molecule has 0 aliphatic heterocycles. The van der Waals surface area contributed by atoms with E-state index in [4.69, 9.17) is 0 Å². The summed E-state index contributed by atoms with van der Waals surface area (Å²) in [5.41, 5.74) is 1.90. The van der Waals surface area contributed by atoms with Gasteiger partial charge in [0.1, 0.15) is 0 Å². The first kappa shape index (κ1) is 8.74. The number of nitrogens with zero attached hydrogens (tertiary/aromatic N) is 1. The molecule has 0 bridgehead atoms. The van der Waals surface area contributed by atoms with Crippen LogP contribution in [0.15, 0.2) is 24.3 Å². The highest BCUT2D eigenvalue weighted by Gasteiger charge is 2.10. The molecule has 0 spiro atoms. The largest absolute Gasteiger partial charge is 0.339 e. The molecule has 0 N–H and O–H groups in total. The molecule has 0 radical (unpaired) electrons. The number of carbonyl (C=O) groups excluding carboxylic acids is 1. The van der Waals surface area contributed by atoms with E-state index in [1.54, 1.807) is 0 Å². The molecule has 2 aromatic rings. The van der Waals surface area contributed by atoms with Crippen molar-refractivity contribution in [3.05, 3.63) is 33.5 Å². The molecule has 1 heterocycles. The van der Waals surface area contributed by atoms with Crippen LogP contribution in [0, 0.1) is 3.70 Å². The van der Waals surface area contributed by atoms with Gasteiger partial charge in [0.15, 0.2) is 6.29 Å². The fourth-order valence-electron chi connectivity index (χ4n) is 1.50. The van der Waals surface area contributed by atoms with Crippen molar-refractivity contribution in [2.24, 2.45) is 7.05 Å². The number of hydrogen-bond acceptors (Lipinski definition) is 1. The van der Waals surface area contributed by atoms with Crippen LogP contribution in [0.2, 0.25) is 0 Å². The average Bonchev–Trinajstić information content (AvgIpc) is 2.41. The molecule has 0 unspecified atom stereocenters. The molecule has 0 aliphatic rings. The number of benzene rings is 1. The van der Waals surface area contributed by atoms with Crippen molar-refractivity contribution in [1.29, 1.82) is 0 Å². The maximum Gasteiger partial charge on any atom is 0.153 e. The number of rotatable bonds is 1. The van der Waals surface area contributed by atoms with Crippen molar-refractivity contribution in [3.63, 3.8) is 0 Å². The molecule has 0 atom stereocenters. The predicted molar refractivity (Wildman–Crippen MR) is 61.0 cm³/mol. The van der Waals surface area contributed by atoms with Gasteiger partial charge in [0, 0.05) is 18.0 Å². The fourth-order valence-corrected chi connectivity index (χ4v) is 2.18. The quantitative estimate of drug-likeness (QED) is 0.583. The minimum Gasteiger partial charge on any atom is -0.339 e. The zero-order valence-electron chi connectivity index (χ0n) is 7.12. The summed E-state index contributed by atoms with van der Waals surface area (Å²) in [4.78, 5) is 10.8. The lowest BCUT2D eigenvalue weighted by atomic mass is 10.2. The Balaban J connectivity index is 2.98. The van der Waals surface area contributed by atoms with Crippen molar-refractivity contribution in [3.8, 4) is 0 Å². The summed E-state index contributed by atoms with van der Waals surface area (Å²) in [6, 6.07) is 7.92. The third-order valence-electron chi connectivity index (χ3n) is 2.19. The molecule has 2 rings (SSSR count). The molecular weight excluding hydrogens is 277 g/mol. The number of aryl methyl sites for hydroxylation is 1. The molecule has 0 saturated heterocycles. The maximum atomic E-state index is 10.8. The second-order valence-electron chi connectivity index (χ2n) is 2.90. The van der Waals surface area contributed by atoms with Crippen LogP contribution in [0.3, 0.4) is 0 Å². The number of hydrogen-bond donors (Lipinski definition) is 0. The van der Waals surface area contributed by atoms with Crippen molar-refractivity contribution in [2.75, 3.05) is 0 Å². The average molecular weight is 285 g/mol. The number of fused-ring (bicyclic) bond motifs is 1. The van der Waals surface area contributed by atoms with Crippen LogP contribution in [-0.2, 0) is 7.05 Å². The van der Waals surface area contributed by atoms with E-state index >= 15 is 0 Å². The Morgan fingerprint density at radius 3 is 2.77 bits per heavy atom. The van der Waals surface area contributed by atoms with Crippen molar-refractivity contribution >= 4 is 39.8 Å². The third-order valence-corrected chi connectivity index (χ3v) is 3.49. The van der Waals surface area contributed by atoms with Crippen LogP contribution in [-0.4, -0.2) is 10.9 Å². The minimum atomic E-state index is 0.790. The Kier molecular flexibility index (Phi) is 2.11. The predicted octanol–water partition coefficient (Wildman–Crippen LogP) is 2.60. The van der Waals surface area contributed by atoms with Crippen molar-refractivity contribution in [1.82, 2.24) is 4.57 Å². The van der Waals surface area contributed by atoms with Gasteiger partial charge in [0.05, 0.1) is 9.26 Å². The fraction of sp³-hybridized carbons (Fsp3) is 0.100. The minimum absolute atomic E-state index is 0.790. The van der Waals surface area contributed by atoms with Gasteiger partial charge in [0.25, 0.3) is 0 Å². The van der Waals surface area contributed by atoms with Gasteiger partial charge in [0.2, 0.25) is 0 Å². The van der Waals surface area contributed by atoms with Gasteiger partial charge in [-0.25, -0.2) is 0 Å². The highest BCUT2D eigenvalue weighted by atomic mass is 127. The van der Waals surface area contributed by atoms with Gasteiger partial charge in [-0.1, -0.05) is 18.2 Å². The number of carbonyl (C=O) groups is 1. The van der Waals surface area contributed by atoms with Gasteiger partial charge < -0.3 is 4.57 Å². The molecule has 3 heteroatoms. The van der Waals surface area contributed by atoms with Crippen molar-refractivity contribution in [2.45, 2.75) is 0 Å². The Morgan fingerprint density at radius 2 is 2.08 bits per heavy atom. The van der Waals surface area contributed by atoms with Gasteiger partial charge in [-0.3, -0.25) is 4.79 Å². The Hall–Kier alpha value is -0.840. The Bertz CT molecular complexity index is 473. The smallest absolute Gasteiger partial charge is 0.153 e. The maximum absolute atomic E-state index is 10.8. The molecular formula is C10H8INO. The van der Waals surface area contributed by atoms with E-state index in [9.17, 15) is 4.79 Å². The van der Waals surface area contributed by atoms with Crippen LogP contribution in [0.4, 0.5) is 0 Å². The van der Waals surface area contributed by atoms with Gasteiger partial charge in [-0.05, 0) is 28.7 Å². The van der Waals surface area contributed by atoms with Gasteiger partial charge in [-0.15, -0.1) is 0 Å². The van der Waals surface area contributed by atoms with E-state index in [2.05, 4.69) is 22.6 Å². The molecule has 1 aromatic carbocycles. The summed E-state index contributed by atoms with van der Waals surface area (Å²) in [7, 11) is 1.97. The molecule has 0 saturated carbocycles. The number of aromatic nitrogens is 1. The van der Waals surface area contributed by atoms with Crippen LogP contribution in [0.5, 0.6) is 0 Å². The van der Waals surface area contributed by atoms with E-state index in [-0.39, 0.29) is 0 Å². The topological polar surface area (TPSA) is 22.0 Å². The van der Waals surface area contributed by atoms with E-state index in [1.807, 2.05) is 35.9 Å². The molecule has 66 valence electrons. The molecule has 0 aliphatic carbocycles. The second-order valence-corrected chi connectivity index (χ2v) is 3.92. The molecule has 0 fully saturated rings. The zero-order valence-corrected chi connectivity index (χ0v) is 9.28. The summed E-state index contributed by atoms with van der Waals surface area (Å²) < 4.78 is 3.02. The lowest BCUT2D eigenvalue weighted by molar-refractivity contribution is 0.112. The van der Waals surface area contributed by atoms with E-state index in [0.29, 0.717) is 0 Å². The summed E-state index contributed by atoms with van der Waals surface area (Å²) in [5, 5.41) is 1.03. The van der Waals surface area contributed by atoms with Crippen LogP contribution in [0.25, 0.3) is 10.9 Å². The van der Waals surface area contributed by atoms with E-state index in [1.165, 1.54) is 0 Å². The molecule has 1 aromatic heterocycles. The summed E-state index contributed by atoms with van der Waals surface area (Å²) >= 11 is 2.19. The number of para-hydroxylation sites is 1. The number of aldehydes is 1. The first-order chi connectivity index (χ1) is 6.25. The monoisotopic (exact) mass is 285 g/mol. The normalized spacial score (nSPS) is 10.6. The molecule has 13 heavy (non-hydrogen) atoms.